The summed E-state index contributed by atoms with van der Waals surface area (Å²) in [6, 6.07) is 33.3. The molecule has 0 fully saturated rings. The molecule has 7 rings (SSSR count). The first-order valence-corrected chi connectivity index (χ1v) is 15.5. The van der Waals surface area contributed by atoms with Crippen LogP contribution in [0.2, 0.25) is 0 Å². The number of nitrogens with zero attached hydrogens (tertiary/aromatic N) is 4. The number of aromatic nitrogens is 4. The molecular formula is C39H52N6. The number of fused-ring (bicyclic) bond motifs is 2. The van der Waals surface area contributed by atoms with Gasteiger partial charge in [-0.2, -0.15) is 15.3 Å². The number of H-pyrrole nitrogens is 2. The van der Waals surface area contributed by atoms with Gasteiger partial charge in [-0.25, -0.2) is 4.98 Å². The third kappa shape index (κ3) is 13.1. The average Bonchev–Trinajstić information content (AvgIpc) is 3.87. The van der Waals surface area contributed by atoms with Gasteiger partial charge in [0, 0.05) is 22.8 Å². The van der Waals surface area contributed by atoms with Crippen LogP contribution in [0.5, 0.6) is 0 Å². The van der Waals surface area contributed by atoms with Gasteiger partial charge in [0.15, 0.2) is 5.82 Å². The molecule has 1 aliphatic heterocycles. The zero-order valence-corrected chi connectivity index (χ0v) is 27.6. The van der Waals surface area contributed by atoms with Gasteiger partial charge in [0.1, 0.15) is 6.33 Å². The second-order valence-electron chi connectivity index (χ2n) is 9.64. The summed E-state index contributed by atoms with van der Waals surface area (Å²) in [5, 5.41) is 15.8. The lowest BCUT2D eigenvalue weighted by Gasteiger charge is -1.95. The van der Waals surface area contributed by atoms with Gasteiger partial charge in [-0.05, 0) is 67.5 Å². The van der Waals surface area contributed by atoms with Gasteiger partial charge in [0.2, 0.25) is 0 Å². The first-order valence-electron chi connectivity index (χ1n) is 15.5. The van der Waals surface area contributed by atoms with Crippen LogP contribution in [0.15, 0.2) is 120 Å². The Kier molecular flexibility index (Phi) is 18.5. The third-order valence-electron chi connectivity index (χ3n) is 6.36. The van der Waals surface area contributed by atoms with Crippen molar-refractivity contribution in [2.45, 2.75) is 75.8 Å². The molecule has 0 saturated heterocycles. The van der Waals surface area contributed by atoms with Gasteiger partial charge >= 0.3 is 0 Å². The number of benzene rings is 4. The molecule has 0 spiro atoms. The Morgan fingerprint density at radius 3 is 1.98 bits per heavy atom. The molecule has 6 aromatic rings. The Balaban J connectivity index is 0.000000289. The van der Waals surface area contributed by atoms with Gasteiger partial charge < -0.3 is 4.98 Å². The van der Waals surface area contributed by atoms with E-state index in [1.165, 1.54) is 45.0 Å². The number of aryl methyl sites for hydroxylation is 4. The van der Waals surface area contributed by atoms with Crippen LogP contribution in [-0.2, 0) is 13.0 Å². The van der Waals surface area contributed by atoms with Crippen LogP contribution in [0, 0.1) is 20.8 Å². The van der Waals surface area contributed by atoms with Gasteiger partial charge in [-0.15, -0.1) is 0 Å². The molecule has 238 valence electrons. The minimum atomic E-state index is 0. The molecule has 0 aliphatic carbocycles. The van der Waals surface area contributed by atoms with E-state index in [2.05, 4.69) is 137 Å². The van der Waals surface area contributed by atoms with Crippen molar-refractivity contribution in [2.24, 2.45) is 10.2 Å². The smallest absolute Gasteiger partial charge is 0.155 e. The summed E-state index contributed by atoms with van der Waals surface area (Å²) < 4.78 is 0. The fourth-order valence-electron chi connectivity index (χ4n) is 4.02. The van der Waals surface area contributed by atoms with Gasteiger partial charge in [0.05, 0.1) is 12.2 Å². The SMILES string of the molecule is C.CC.CC.CCc1ccccc1.Cc1ccc(-c2ncn[nH]2)cc1.Cc1ccc2c(c1)N=NC2.Cc1ccc2cc[nH]c2c1. The molecule has 2 N–H and O–H groups in total. The van der Waals surface area contributed by atoms with E-state index in [1.54, 1.807) is 0 Å². The van der Waals surface area contributed by atoms with Crippen molar-refractivity contribution in [3.63, 3.8) is 0 Å². The topological polar surface area (TPSA) is 82.1 Å². The van der Waals surface area contributed by atoms with Crippen LogP contribution in [-0.4, -0.2) is 20.2 Å². The highest BCUT2D eigenvalue weighted by Gasteiger charge is 2.05. The molecule has 4 aromatic carbocycles. The standard InChI is InChI=1S/C9H9N3.C9H9N.C8H8N2.C8H10.2C2H6.CH4/c1-7-2-4-8(5-3-7)9-10-6-11-12-9;1-7-2-3-8-4-5-10-9(8)6-7;1-6-2-3-7-5-9-10-8(7)4-6;1-2-8-6-4-3-5-7-8;2*1-2;/h2-6H,1H3,(H,10,11,12);2-6,10H,1H3;2-4H,5H2,1H3;3-7H,2H2,1H3;2*1-2H3;1H4. The molecule has 0 radical (unpaired) electrons. The first kappa shape index (κ1) is 38.2. The maximum atomic E-state index is 4.05. The van der Waals surface area contributed by atoms with Crippen molar-refractivity contribution in [3.05, 3.63) is 137 Å². The van der Waals surface area contributed by atoms with E-state index in [-0.39, 0.29) is 7.43 Å². The van der Waals surface area contributed by atoms with Crippen molar-refractivity contribution >= 4 is 16.6 Å². The minimum Gasteiger partial charge on any atom is -0.361 e. The normalized spacial score (nSPS) is 9.96. The lowest BCUT2D eigenvalue weighted by atomic mass is 10.1. The van der Waals surface area contributed by atoms with Crippen molar-refractivity contribution in [1.82, 2.24) is 20.2 Å². The van der Waals surface area contributed by atoms with E-state index < -0.39 is 0 Å². The van der Waals surface area contributed by atoms with Gasteiger partial charge in [-0.1, -0.05) is 126 Å². The molecule has 0 unspecified atom stereocenters. The Bertz CT molecular complexity index is 1620. The third-order valence-corrected chi connectivity index (χ3v) is 6.36. The molecule has 1 aliphatic rings. The summed E-state index contributed by atoms with van der Waals surface area (Å²) in [7, 11) is 0. The second kappa shape index (κ2) is 21.8. The fourth-order valence-corrected chi connectivity index (χ4v) is 4.02. The average molecular weight is 605 g/mol. The zero-order valence-electron chi connectivity index (χ0n) is 27.6. The molecule has 2 aromatic heterocycles. The minimum absolute atomic E-state index is 0. The lowest BCUT2D eigenvalue weighted by Crippen LogP contribution is -1.80. The van der Waals surface area contributed by atoms with Gasteiger partial charge in [-0.3, -0.25) is 5.10 Å². The van der Waals surface area contributed by atoms with Gasteiger partial charge in [0.25, 0.3) is 0 Å². The van der Waals surface area contributed by atoms with Crippen LogP contribution < -0.4 is 0 Å². The molecular weight excluding hydrogens is 552 g/mol. The summed E-state index contributed by atoms with van der Waals surface area (Å²) >= 11 is 0. The largest absolute Gasteiger partial charge is 0.361 e. The molecule has 45 heavy (non-hydrogen) atoms. The molecule has 0 saturated carbocycles. The quantitative estimate of drug-likeness (QED) is 0.206. The number of rotatable bonds is 2. The first-order chi connectivity index (χ1) is 21.5. The molecule has 0 atom stereocenters. The Hall–Kier alpha value is -4.84. The summed E-state index contributed by atoms with van der Waals surface area (Å²) in [4.78, 5) is 7.21. The predicted molar refractivity (Wildman–Crippen MR) is 194 cm³/mol. The van der Waals surface area contributed by atoms with E-state index in [0.717, 1.165) is 30.0 Å². The van der Waals surface area contributed by atoms with Crippen molar-refractivity contribution in [3.8, 4) is 11.4 Å². The molecule has 6 heteroatoms. The van der Waals surface area contributed by atoms with Crippen LogP contribution in [0.1, 0.15) is 69.9 Å². The Morgan fingerprint density at radius 2 is 1.36 bits per heavy atom. The number of hydrogen-bond acceptors (Lipinski definition) is 4. The maximum absolute atomic E-state index is 4.05. The summed E-state index contributed by atoms with van der Waals surface area (Å²) in [5.41, 5.74) is 9.78. The zero-order chi connectivity index (χ0) is 32.2. The summed E-state index contributed by atoms with van der Waals surface area (Å²) in [6.45, 7) is 17.1. The van der Waals surface area contributed by atoms with E-state index in [4.69, 9.17) is 0 Å². The second-order valence-corrected chi connectivity index (χ2v) is 9.64. The monoisotopic (exact) mass is 604 g/mol. The number of azo groups is 1. The van der Waals surface area contributed by atoms with E-state index in [1.807, 2.05) is 52.1 Å². The van der Waals surface area contributed by atoms with E-state index >= 15 is 0 Å². The van der Waals surface area contributed by atoms with E-state index in [0.29, 0.717) is 0 Å². The number of aromatic amines is 2. The van der Waals surface area contributed by atoms with Crippen LogP contribution in [0.3, 0.4) is 0 Å². The predicted octanol–water partition coefficient (Wildman–Crippen LogP) is 11.8. The lowest BCUT2D eigenvalue weighted by molar-refractivity contribution is 1.04. The van der Waals surface area contributed by atoms with Crippen LogP contribution in [0.25, 0.3) is 22.3 Å². The highest BCUT2D eigenvalue weighted by atomic mass is 15.2. The van der Waals surface area contributed by atoms with Crippen molar-refractivity contribution in [1.29, 1.82) is 0 Å². The highest BCUT2D eigenvalue weighted by molar-refractivity contribution is 5.79. The Morgan fingerprint density at radius 1 is 0.711 bits per heavy atom. The number of hydrogen-bond donors (Lipinski definition) is 2. The van der Waals surface area contributed by atoms with Crippen LogP contribution in [0.4, 0.5) is 5.69 Å². The van der Waals surface area contributed by atoms with Crippen molar-refractivity contribution < 1.29 is 0 Å². The summed E-state index contributed by atoms with van der Waals surface area (Å²) in [5.74, 6) is 0.815. The van der Waals surface area contributed by atoms with Crippen molar-refractivity contribution in [2.75, 3.05) is 0 Å². The number of nitrogens with one attached hydrogen (secondary N) is 2. The fraction of sp³-hybridized carbons (Fsp3) is 0.282. The molecule has 3 heterocycles. The maximum Gasteiger partial charge on any atom is 0.155 e. The highest BCUT2D eigenvalue weighted by Crippen LogP contribution is 2.27. The molecule has 0 bridgehead atoms. The van der Waals surface area contributed by atoms with Crippen LogP contribution >= 0.6 is 0 Å². The van der Waals surface area contributed by atoms with E-state index in [9.17, 15) is 0 Å². The summed E-state index contributed by atoms with van der Waals surface area (Å²) in [6.07, 6.45) is 4.61. The Labute approximate surface area is 271 Å². The molecule has 6 nitrogen and oxygen atoms in total. The molecule has 0 amide bonds.